The molecule has 1 aromatic rings. The molecule has 4 nitrogen and oxygen atoms in total. The Balaban J connectivity index is 1.86. The molecule has 0 spiro atoms. The molecule has 128 valence electrons. The van der Waals surface area contributed by atoms with Gasteiger partial charge in [0.1, 0.15) is 0 Å². The van der Waals surface area contributed by atoms with Crippen molar-refractivity contribution >= 4 is 5.91 Å². The molecule has 0 saturated heterocycles. The van der Waals surface area contributed by atoms with Gasteiger partial charge in [-0.1, -0.05) is 32.8 Å². The van der Waals surface area contributed by atoms with Crippen molar-refractivity contribution in [3.63, 3.8) is 0 Å². The fourth-order valence-corrected chi connectivity index (χ4v) is 3.63. The zero-order chi connectivity index (χ0) is 16.9. The summed E-state index contributed by atoms with van der Waals surface area (Å²) < 4.78 is 5.08. The van der Waals surface area contributed by atoms with E-state index in [1.165, 1.54) is 32.8 Å². The Kier molecular flexibility index (Phi) is 5.91. The third-order valence-corrected chi connectivity index (χ3v) is 5.52. The summed E-state index contributed by atoms with van der Waals surface area (Å²) in [5.41, 5.74) is 1.34. The van der Waals surface area contributed by atoms with E-state index < -0.39 is 0 Å². The van der Waals surface area contributed by atoms with E-state index >= 15 is 0 Å². The zero-order valence-corrected chi connectivity index (χ0v) is 14.5. The molecule has 0 aliphatic heterocycles. The molecular weight excluding hydrogens is 290 g/mol. The summed E-state index contributed by atoms with van der Waals surface area (Å²) >= 11 is 0. The second-order valence-corrected chi connectivity index (χ2v) is 6.73. The van der Waals surface area contributed by atoms with Crippen LogP contribution in [0.4, 0.5) is 0 Å². The van der Waals surface area contributed by atoms with Crippen LogP contribution in [0, 0.1) is 5.41 Å². The Morgan fingerprint density at radius 3 is 2.52 bits per heavy atom. The lowest BCUT2D eigenvalue weighted by atomic mass is 9.69. The maximum atomic E-state index is 12.3. The first-order valence-corrected chi connectivity index (χ1v) is 8.67. The fraction of sp³-hybridized carbons (Fsp3) is 0.632. The van der Waals surface area contributed by atoms with Crippen LogP contribution in [-0.4, -0.2) is 24.2 Å². The molecule has 1 aliphatic rings. The highest BCUT2D eigenvalue weighted by Gasteiger charge is 2.32. The van der Waals surface area contributed by atoms with Gasteiger partial charge in [-0.3, -0.25) is 4.79 Å². The van der Waals surface area contributed by atoms with Gasteiger partial charge in [-0.15, -0.1) is 0 Å². The third kappa shape index (κ3) is 4.40. The maximum absolute atomic E-state index is 12.3. The van der Waals surface area contributed by atoms with Crippen molar-refractivity contribution in [2.45, 2.75) is 64.8 Å². The number of amides is 1. The van der Waals surface area contributed by atoms with E-state index in [1.807, 2.05) is 0 Å². The van der Waals surface area contributed by atoms with Crippen LogP contribution in [0.1, 0.15) is 57.9 Å². The molecule has 1 amide bonds. The molecule has 23 heavy (non-hydrogen) atoms. The fourth-order valence-electron chi connectivity index (χ4n) is 3.63. The van der Waals surface area contributed by atoms with Crippen molar-refractivity contribution in [2.24, 2.45) is 5.41 Å². The summed E-state index contributed by atoms with van der Waals surface area (Å²) in [6.07, 6.45) is 7.35. The molecule has 0 bridgehead atoms. The van der Waals surface area contributed by atoms with Crippen molar-refractivity contribution in [1.29, 1.82) is 0 Å². The summed E-state index contributed by atoms with van der Waals surface area (Å²) in [6.45, 7) is 4.56. The number of hydrogen-bond donors (Lipinski definition) is 2. The third-order valence-electron chi connectivity index (χ3n) is 5.52. The van der Waals surface area contributed by atoms with Gasteiger partial charge in [-0.05, 0) is 48.8 Å². The zero-order valence-electron chi connectivity index (χ0n) is 14.5. The number of nitrogens with one attached hydrogen (secondary N) is 1. The Bertz CT molecular complexity index is 527. The molecular formula is C19H29NO3. The maximum Gasteiger partial charge on any atom is 0.224 e. The predicted octanol–water partition coefficient (Wildman–Crippen LogP) is 3.81. The number of aromatic hydroxyl groups is 1. The van der Waals surface area contributed by atoms with E-state index in [-0.39, 0.29) is 11.7 Å². The lowest BCUT2D eigenvalue weighted by Crippen LogP contribution is -2.41. The minimum absolute atomic E-state index is 0.0447. The molecule has 0 atom stereocenters. The standard InChI is InChI=1S/C19H29NO3/c1-4-19(5-2)10-8-15(9-11-19)20-18(22)13-14-6-7-16(21)17(12-14)23-3/h6-7,12,15,21H,4-5,8-11,13H2,1-3H3,(H,20,22). The summed E-state index contributed by atoms with van der Waals surface area (Å²) in [7, 11) is 1.51. The van der Waals surface area contributed by atoms with E-state index in [0.717, 1.165) is 18.4 Å². The van der Waals surface area contributed by atoms with E-state index in [9.17, 15) is 9.90 Å². The largest absolute Gasteiger partial charge is 0.504 e. The summed E-state index contributed by atoms with van der Waals surface area (Å²) in [5, 5.41) is 12.8. The van der Waals surface area contributed by atoms with Gasteiger partial charge < -0.3 is 15.2 Å². The van der Waals surface area contributed by atoms with Crippen molar-refractivity contribution in [3.8, 4) is 11.5 Å². The Morgan fingerprint density at radius 1 is 1.30 bits per heavy atom. The molecule has 0 unspecified atom stereocenters. The molecule has 4 heteroatoms. The minimum atomic E-state index is 0.0447. The molecule has 2 rings (SSSR count). The normalized spacial score (nSPS) is 17.7. The van der Waals surface area contributed by atoms with Crippen LogP contribution in [0.3, 0.4) is 0 Å². The second kappa shape index (κ2) is 7.71. The first kappa shape index (κ1) is 17.6. The summed E-state index contributed by atoms with van der Waals surface area (Å²) in [4.78, 5) is 12.3. The Morgan fingerprint density at radius 2 is 1.96 bits per heavy atom. The molecule has 1 aromatic carbocycles. The SMILES string of the molecule is CCC1(CC)CCC(NC(=O)Cc2ccc(O)c(OC)c2)CC1. The van der Waals surface area contributed by atoms with Gasteiger partial charge in [0.15, 0.2) is 11.5 Å². The molecule has 0 heterocycles. The number of phenols is 1. The van der Waals surface area contributed by atoms with Gasteiger partial charge in [-0.25, -0.2) is 0 Å². The van der Waals surface area contributed by atoms with Gasteiger partial charge in [0.05, 0.1) is 13.5 Å². The lowest BCUT2D eigenvalue weighted by molar-refractivity contribution is -0.121. The first-order chi connectivity index (χ1) is 11.0. The van der Waals surface area contributed by atoms with Crippen molar-refractivity contribution < 1.29 is 14.6 Å². The Labute approximate surface area is 139 Å². The predicted molar refractivity (Wildman–Crippen MR) is 91.8 cm³/mol. The number of hydrogen-bond acceptors (Lipinski definition) is 3. The van der Waals surface area contributed by atoms with Crippen LogP contribution in [0.25, 0.3) is 0 Å². The Hall–Kier alpha value is -1.71. The molecule has 1 saturated carbocycles. The van der Waals surface area contributed by atoms with Crippen LogP contribution >= 0.6 is 0 Å². The monoisotopic (exact) mass is 319 g/mol. The number of ether oxygens (including phenoxy) is 1. The highest BCUT2D eigenvalue weighted by Crippen LogP contribution is 2.41. The first-order valence-electron chi connectivity index (χ1n) is 8.67. The molecule has 1 aliphatic carbocycles. The van der Waals surface area contributed by atoms with Gasteiger partial charge in [0.2, 0.25) is 5.91 Å². The van der Waals surface area contributed by atoms with Crippen molar-refractivity contribution in [3.05, 3.63) is 23.8 Å². The topological polar surface area (TPSA) is 58.6 Å². The minimum Gasteiger partial charge on any atom is -0.504 e. The highest BCUT2D eigenvalue weighted by molar-refractivity contribution is 5.79. The van der Waals surface area contributed by atoms with Crippen molar-refractivity contribution in [2.75, 3.05) is 7.11 Å². The average molecular weight is 319 g/mol. The molecule has 1 fully saturated rings. The van der Waals surface area contributed by atoms with Gasteiger partial charge in [-0.2, -0.15) is 0 Å². The van der Waals surface area contributed by atoms with Gasteiger partial charge in [0, 0.05) is 6.04 Å². The van der Waals surface area contributed by atoms with Gasteiger partial charge in [0.25, 0.3) is 0 Å². The number of methoxy groups -OCH3 is 1. The summed E-state index contributed by atoms with van der Waals surface area (Å²) in [5.74, 6) is 0.547. The molecule has 0 radical (unpaired) electrons. The number of benzene rings is 1. The van der Waals surface area contributed by atoms with Crippen molar-refractivity contribution in [1.82, 2.24) is 5.32 Å². The van der Waals surface area contributed by atoms with Crippen LogP contribution < -0.4 is 10.1 Å². The number of carbonyl (C=O) groups excluding carboxylic acids is 1. The van der Waals surface area contributed by atoms with E-state index in [4.69, 9.17) is 4.74 Å². The van der Waals surface area contributed by atoms with Crippen LogP contribution in [0.5, 0.6) is 11.5 Å². The highest BCUT2D eigenvalue weighted by atomic mass is 16.5. The van der Waals surface area contributed by atoms with E-state index in [1.54, 1.807) is 18.2 Å². The van der Waals surface area contributed by atoms with Gasteiger partial charge >= 0.3 is 0 Å². The smallest absolute Gasteiger partial charge is 0.224 e. The van der Waals surface area contributed by atoms with Crippen LogP contribution in [-0.2, 0) is 11.2 Å². The van der Waals surface area contributed by atoms with E-state index in [0.29, 0.717) is 23.6 Å². The summed E-state index contributed by atoms with van der Waals surface area (Å²) in [6, 6.07) is 5.35. The van der Waals surface area contributed by atoms with E-state index in [2.05, 4.69) is 19.2 Å². The average Bonchev–Trinajstić information content (AvgIpc) is 2.57. The number of phenolic OH excluding ortho intramolecular Hbond substituents is 1. The van der Waals surface area contributed by atoms with Crippen LogP contribution in [0.2, 0.25) is 0 Å². The molecule has 2 N–H and O–H groups in total. The van der Waals surface area contributed by atoms with Crippen LogP contribution in [0.15, 0.2) is 18.2 Å². The molecule has 0 aromatic heterocycles. The number of rotatable bonds is 6. The number of carbonyl (C=O) groups is 1. The lowest BCUT2D eigenvalue weighted by Gasteiger charge is -2.39. The quantitative estimate of drug-likeness (QED) is 0.838. The second-order valence-electron chi connectivity index (χ2n) is 6.73.